The molecule has 5 heteroatoms. The van der Waals surface area contributed by atoms with E-state index in [0.717, 1.165) is 28.6 Å². The van der Waals surface area contributed by atoms with Gasteiger partial charge in [0.1, 0.15) is 5.02 Å². The number of halogens is 2. The molecule has 0 saturated heterocycles. The summed E-state index contributed by atoms with van der Waals surface area (Å²) in [6.07, 6.45) is 0.929. The smallest absolute Gasteiger partial charge is 0.224 e. The summed E-state index contributed by atoms with van der Waals surface area (Å²) in [6, 6.07) is 12.4. The summed E-state index contributed by atoms with van der Waals surface area (Å²) in [6.45, 7) is 4.34. The van der Waals surface area contributed by atoms with Crippen LogP contribution in [-0.4, -0.2) is 30.5 Å². The zero-order valence-corrected chi connectivity index (χ0v) is 15.8. The maximum absolute atomic E-state index is 6.42. The molecule has 0 spiro atoms. The van der Waals surface area contributed by atoms with E-state index in [2.05, 4.69) is 36.6 Å². The van der Waals surface area contributed by atoms with Gasteiger partial charge < -0.3 is 21.9 Å². The van der Waals surface area contributed by atoms with Crippen LogP contribution in [0.4, 0.5) is 5.69 Å². The van der Waals surface area contributed by atoms with Crippen LogP contribution in [-0.2, 0) is 6.42 Å². The van der Waals surface area contributed by atoms with Crippen LogP contribution in [0.1, 0.15) is 25.0 Å². The lowest BCUT2D eigenvalue weighted by Crippen LogP contribution is -3.00. The second kappa shape index (κ2) is 7.45. The van der Waals surface area contributed by atoms with Crippen LogP contribution < -0.4 is 21.9 Å². The molecule has 0 N–H and O–H groups in total. The first-order valence-corrected chi connectivity index (χ1v) is 8.07. The van der Waals surface area contributed by atoms with Crippen molar-refractivity contribution in [1.82, 2.24) is 0 Å². The molecule has 1 atom stereocenters. The molecular weight excluding hydrogens is 345 g/mol. The molecule has 1 unspecified atom stereocenters. The highest BCUT2D eigenvalue weighted by Gasteiger charge is 2.32. The van der Waals surface area contributed by atoms with E-state index in [-0.39, 0.29) is 12.4 Å². The van der Waals surface area contributed by atoms with E-state index in [1.807, 2.05) is 18.2 Å². The molecule has 0 aliphatic carbocycles. The van der Waals surface area contributed by atoms with Crippen molar-refractivity contribution in [3.8, 4) is 11.5 Å². The van der Waals surface area contributed by atoms with E-state index in [4.69, 9.17) is 21.1 Å². The summed E-state index contributed by atoms with van der Waals surface area (Å²) in [5.74, 6) is 1.52. The quantitative estimate of drug-likeness (QED) is 0.768. The molecular formula is C19H21Cl2NO2. The molecule has 128 valence electrons. The number of hydrogen-bond donors (Lipinski definition) is 0. The third-order valence-corrected chi connectivity index (χ3v) is 4.75. The molecule has 2 aromatic rings. The fourth-order valence-electron chi connectivity index (χ4n) is 3.36. The van der Waals surface area contributed by atoms with Crippen molar-refractivity contribution in [2.24, 2.45) is 0 Å². The molecule has 0 saturated carbocycles. The minimum atomic E-state index is 0. The van der Waals surface area contributed by atoms with Crippen LogP contribution in [0.3, 0.4) is 0 Å². The van der Waals surface area contributed by atoms with Crippen LogP contribution in [0.15, 0.2) is 36.4 Å². The van der Waals surface area contributed by atoms with Crippen LogP contribution in [0, 0.1) is 0 Å². The van der Waals surface area contributed by atoms with Gasteiger partial charge in [-0.05, 0) is 30.7 Å². The number of hydrogen-bond acceptors (Lipinski definition) is 2. The van der Waals surface area contributed by atoms with Gasteiger partial charge in [-0.3, -0.25) is 0 Å². The Morgan fingerprint density at radius 3 is 2.33 bits per heavy atom. The van der Waals surface area contributed by atoms with Crippen LogP contribution >= 0.6 is 11.6 Å². The number of benzene rings is 2. The Labute approximate surface area is 154 Å². The number of nitrogens with zero attached hydrogens (tertiary/aromatic N) is 1. The van der Waals surface area contributed by atoms with Crippen molar-refractivity contribution in [3.05, 3.63) is 52.5 Å². The second-order valence-electron chi connectivity index (χ2n) is 5.82. The summed E-state index contributed by atoms with van der Waals surface area (Å²) in [5.41, 5.74) is 4.67. The Balaban J connectivity index is 0.00000208. The molecule has 24 heavy (non-hydrogen) atoms. The summed E-state index contributed by atoms with van der Waals surface area (Å²) in [7, 11) is 3.33. The van der Waals surface area contributed by atoms with Gasteiger partial charge in [0.2, 0.25) is 5.69 Å². The predicted molar refractivity (Wildman–Crippen MR) is 93.9 cm³/mol. The lowest BCUT2D eigenvalue weighted by atomic mass is 9.92. The Morgan fingerprint density at radius 1 is 1.08 bits per heavy atom. The van der Waals surface area contributed by atoms with Crippen LogP contribution in [0.2, 0.25) is 5.02 Å². The molecule has 0 aromatic heterocycles. The molecule has 0 amide bonds. The zero-order chi connectivity index (χ0) is 16.6. The largest absolute Gasteiger partial charge is 1.00 e. The van der Waals surface area contributed by atoms with Crippen molar-refractivity contribution < 1.29 is 26.5 Å². The van der Waals surface area contributed by atoms with Crippen LogP contribution in [0.25, 0.3) is 0 Å². The molecule has 1 heterocycles. The van der Waals surface area contributed by atoms with Gasteiger partial charge in [0.25, 0.3) is 0 Å². The lowest BCUT2D eigenvalue weighted by molar-refractivity contribution is -0.482. The van der Waals surface area contributed by atoms with Gasteiger partial charge in [-0.25, -0.2) is 0 Å². The molecule has 3 nitrogen and oxygen atoms in total. The third kappa shape index (κ3) is 3.11. The van der Waals surface area contributed by atoms with Gasteiger partial charge in [-0.2, -0.15) is 4.58 Å². The Kier molecular flexibility index (Phi) is 5.79. The summed E-state index contributed by atoms with van der Waals surface area (Å²) in [4.78, 5) is 0. The maximum Gasteiger partial charge on any atom is 0.224 e. The van der Waals surface area contributed by atoms with Gasteiger partial charge >= 0.3 is 0 Å². The molecule has 0 fully saturated rings. The summed E-state index contributed by atoms with van der Waals surface area (Å²) in [5, 5.41) is 0.766. The van der Waals surface area contributed by atoms with Crippen LogP contribution in [0.5, 0.6) is 11.5 Å². The third-order valence-electron chi connectivity index (χ3n) is 4.43. The van der Waals surface area contributed by atoms with E-state index in [1.54, 1.807) is 14.2 Å². The van der Waals surface area contributed by atoms with Gasteiger partial charge in [0, 0.05) is 25.0 Å². The first kappa shape index (κ1) is 18.6. The van der Waals surface area contributed by atoms with E-state index in [1.165, 1.54) is 16.8 Å². The Morgan fingerprint density at radius 2 is 1.71 bits per heavy atom. The van der Waals surface area contributed by atoms with Crippen molar-refractivity contribution in [2.75, 3.05) is 14.2 Å². The van der Waals surface area contributed by atoms with E-state index >= 15 is 0 Å². The minimum Gasteiger partial charge on any atom is -1.00 e. The second-order valence-corrected chi connectivity index (χ2v) is 6.23. The number of methoxy groups -OCH3 is 2. The number of ether oxygens (including phenoxy) is 2. The van der Waals surface area contributed by atoms with Crippen molar-refractivity contribution in [2.45, 2.75) is 26.3 Å². The lowest BCUT2D eigenvalue weighted by Gasteiger charge is -2.23. The van der Waals surface area contributed by atoms with Crippen molar-refractivity contribution in [3.63, 3.8) is 0 Å². The molecule has 2 aromatic carbocycles. The topological polar surface area (TPSA) is 21.5 Å². The van der Waals surface area contributed by atoms with Gasteiger partial charge in [-0.15, -0.1) is 0 Å². The number of fused-ring (bicyclic) bond motifs is 1. The van der Waals surface area contributed by atoms with Crippen molar-refractivity contribution in [1.29, 1.82) is 0 Å². The number of rotatable bonds is 3. The van der Waals surface area contributed by atoms with E-state index < -0.39 is 0 Å². The highest BCUT2D eigenvalue weighted by molar-refractivity contribution is 6.32. The van der Waals surface area contributed by atoms with Gasteiger partial charge in [0.15, 0.2) is 23.3 Å². The number of para-hydroxylation sites is 1. The standard InChI is InChI=1S/C19H21ClNO2.ClH/c1-12-9-14-10-18(22-3)19(23-4)11-15(14)13(2)21(12)17-8-6-5-7-16(17)20;/h5-8,10-12H,9H2,1-4H3;1H/q+1;/p-1. The average Bonchev–Trinajstić information content (AvgIpc) is 2.55. The van der Waals surface area contributed by atoms with E-state index in [9.17, 15) is 0 Å². The fourth-order valence-corrected chi connectivity index (χ4v) is 3.59. The monoisotopic (exact) mass is 365 g/mol. The van der Waals surface area contributed by atoms with E-state index in [0.29, 0.717) is 6.04 Å². The maximum atomic E-state index is 6.42. The van der Waals surface area contributed by atoms with Gasteiger partial charge in [0.05, 0.1) is 14.2 Å². The normalized spacial score (nSPS) is 16.3. The highest BCUT2D eigenvalue weighted by Crippen LogP contribution is 2.36. The Hall–Kier alpha value is -1.71. The zero-order valence-electron chi connectivity index (χ0n) is 14.3. The summed E-state index contributed by atoms with van der Waals surface area (Å²) >= 11 is 6.42. The molecule has 0 bridgehead atoms. The first-order valence-electron chi connectivity index (χ1n) is 7.69. The molecule has 1 aliphatic rings. The van der Waals surface area contributed by atoms with Crippen molar-refractivity contribution >= 4 is 23.0 Å². The fraction of sp³-hybridized carbons (Fsp3) is 0.316. The van der Waals surface area contributed by atoms with Gasteiger partial charge in [-0.1, -0.05) is 23.7 Å². The first-order chi connectivity index (χ1) is 11.1. The summed E-state index contributed by atoms with van der Waals surface area (Å²) < 4.78 is 13.2. The minimum absolute atomic E-state index is 0. The Bertz CT molecular complexity index is 787. The SMILES string of the molecule is COc1cc2c(cc1OC)C(C)=[N+](c1ccccc1Cl)C(C)C2.[Cl-]. The molecule has 0 radical (unpaired) electrons. The highest BCUT2D eigenvalue weighted by atomic mass is 35.5. The molecule has 3 rings (SSSR count). The predicted octanol–water partition coefficient (Wildman–Crippen LogP) is 1.46. The molecule has 1 aliphatic heterocycles. The average molecular weight is 366 g/mol.